The number of nitrogens with two attached hydrogens (primary N) is 1. The van der Waals surface area contributed by atoms with Crippen LogP contribution in [0.25, 0.3) is 0 Å². The predicted octanol–water partition coefficient (Wildman–Crippen LogP) is 2.23. The van der Waals surface area contributed by atoms with Crippen LogP contribution in [0, 0.1) is 5.41 Å². The van der Waals surface area contributed by atoms with Gasteiger partial charge in [0.05, 0.1) is 23.9 Å². The molecule has 0 bridgehead atoms. The van der Waals surface area contributed by atoms with Crippen LogP contribution in [0.4, 0.5) is 0 Å². The Morgan fingerprint density at radius 2 is 1.76 bits per heavy atom. The molecule has 3 rings (SSSR count). The van der Waals surface area contributed by atoms with E-state index in [0.717, 1.165) is 5.56 Å². The molecule has 7 heteroatoms. The van der Waals surface area contributed by atoms with E-state index in [1.54, 1.807) is 31.4 Å². The standard InChI is InChI=1S/C18H20ClNO4S/c1-24-14-6-2-12(3-7-14)16-17(18(16,10-20)11-21)25(22,23)15-8-4-13(19)5-9-15/h2-9,16-17,21H,10-11,20H2,1H3/t16-,17+,18+/m1/s1. The first-order chi connectivity index (χ1) is 11.9. The predicted molar refractivity (Wildman–Crippen MR) is 96.7 cm³/mol. The zero-order valence-electron chi connectivity index (χ0n) is 13.7. The lowest BCUT2D eigenvalue weighted by Crippen LogP contribution is -2.27. The van der Waals surface area contributed by atoms with Crippen LogP contribution in [0.5, 0.6) is 5.75 Å². The van der Waals surface area contributed by atoms with Crippen LogP contribution in [0.3, 0.4) is 0 Å². The van der Waals surface area contributed by atoms with Crippen molar-refractivity contribution in [2.24, 2.45) is 11.1 Å². The number of methoxy groups -OCH3 is 1. The van der Waals surface area contributed by atoms with Crippen LogP contribution in [-0.4, -0.2) is 39.0 Å². The zero-order valence-corrected chi connectivity index (χ0v) is 15.3. The third-order valence-electron chi connectivity index (χ3n) is 5.01. The Balaban J connectivity index is 2.02. The van der Waals surface area contributed by atoms with E-state index < -0.39 is 20.5 Å². The van der Waals surface area contributed by atoms with Gasteiger partial charge in [-0.15, -0.1) is 0 Å². The van der Waals surface area contributed by atoms with Gasteiger partial charge in [0, 0.05) is 22.9 Å². The molecule has 0 aliphatic heterocycles. The van der Waals surface area contributed by atoms with Gasteiger partial charge in [0.1, 0.15) is 5.75 Å². The Kier molecular flexibility index (Phi) is 4.81. The minimum Gasteiger partial charge on any atom is -0.497 e. The molecular formula is C18H20ClNO4S. The van der Waals surface area contributed by atoms with Gasteiger partial charge in [-0.25, -0.2) is 8.42 Å². The van der Waals surface area contributed by atoms with Gasteiger partial charge in [0.2, 0.25) is 0 Å². The van der Waals surface area contributed by atoms with Gasteiger partial charge in [0.15, 0.2) is 9.84 Å². The Hall–Kier alpha value is -1.60. The summed E-state index contributed by atoms with van der Waals surface area (Å²) in [6.07, 6.45) is 0. The molecule has 0 radical (unpaired) electrons. The number of halogens is 1. The SMILES string of the molecule is COc1ccc([C@@H]2[C@H](S(=O)(=O)c3ccc(Cl)cc3)[C@@]2(CN)CO)cc1. The highest BCUT2D eigenvalue weighted by Gasteiger charge is 2.70. The van der Waals surface area contributed by atoms with Crippen LogP contribution in [-0.2, 0) is 9.84 Å². The summed E-state index contributed by atoms with van der Waals surface area (Å²) in [6.45, 7) is -0.213. The largest absolute Gasteiger partial charge is 0.497 e. The highest BCUT2D eigenvalue weighted by molar-refractivity contribution is 7.92. The molecule has 2 aromatic rings. The lowest BCUT2D eigenvalue weighted by Gasteiger charge is -2.12. The van der Waals surface area contributed by atoms with Crippen molar-refractivity contribution in [2.45, 2.75) is 16.1 Å². The smallest absolute Gasteiger partial charge is 0.182 e. The van der Waals surface area contributed by atoms with Gasteiger partial charge in [-0.05, 0) is 42.0 Å². The second kappa shape index (κ2) is 6.61. The van der Waals surface area contributed by atoms with Crippen LogP contribution in [0.2, 0.25) is 5.02 Å². The molecule has 1 fully saturated rings. The fourth-order valence-electron chi connectivity index (χ4n) is 3.53. The van der Waals surface area contributed by atoms with Crippen molar-refractivity contribution in [1.82, 2.24) is 0 Å². The van der Waals surface area contributed by atoms with Crippen molar-refractivity contribution in [3.05, 3.63) is 59.1 Å². The fraction of sp³-hybridized carbons (Fsp3) is 0.333. The van der Waals surface area contributed by atoms with Gasteiger partial charge < -0.3 is 15.6 Å². The molecule has 25 heavy (non-hydrogen) atoms. The minimum absolute atomic E-state index is 0.0810. The highest BCUT2D eigenvalue weighted by Crippen LogP contribution is 2.63. The third-order valence-corrected chi connectivity index (χ3v) is 7.60. The van der Waals surface area contributed by atoms with E-state index in [4.69, 9.17) is 22.1 Å². The summed E-state index contributed by atoms with van der Waals surface area (Å²) in [5, 5.41) is 9.62. The van der Waals surface area contributed by atoms with Crippen molar-refractivity contribution >= 4 is 21.4 Å². The van der Waals surface area contributed by atoms with E-state index in [9.17, 15) is 13.5 Å². The number of aliphatic hydroxyl groups excluding tert-OH is 1. The maximum absolute atomic E-state index is 13.1. The molecule has 0 heterocycles. The molecule has 0 aromatic heterocycles. The average Bonchev–Trinajstić information content (AvgIpc) is 3.33. The first kappa shape index (κ1) is 18.2. The summed E-state index contributed by atoms with van der Waals surface area (Å²) in [5.41, 5.74) is 5.82. The Labute approximate surface area is 152 Å². The van der Waals surface area contributed by atoms with Gasteiger partial charge in [0.25, 0.3) is 0 Å². The van der Waals surface area contributed by atoms with E-state index in [0.29, 0.717) is 10.8 Å². The van der Waals surface area contributed by atoms with Crippen LogP contribution in [0.1, 0.15) is 11.5 Å². The summed E-state index contributed by atoms with van der Waals surface area (Å²) >= 11 is 5.85. The molecule has 1 aliphatic rings. The first-order valence-electron chi connectivity index (χ1n) is 7.85. The summed E-state index contributed by atoms with van der Waals surface area (Å²) in [4.78, 5) is 0.184. The molecule has 3 atom stereocenters. The number of ether oxygens (including phenoxy) is 1. The van der Waals surface area contributed by atoms with Gasteiger partial charge >= 0.3 is 0 Å². The molecule has 2 aromatic carbocycles. The van der Waals surface area contributed by atoms with Crippen LogP contribution >= 0.6 is 11.6 Å². The molecule has 0 unspecified atom stereocenters. The van der Waals surface area contributed by atoms with E-state index in [1.807, 2.05) is 12.1 Å². The highest BCUT2D eigenvalue weighted by atomic mass is 35.5. The molecule has 5 nitrogen and oxygen atoms in total. The van der Waals surface area contributed by atoms with Crippen LogP contribution in [0.15, 0.2) is 53.4 Å². The fourth-order valence-corrected chi connectivity index (χ4v) is 6.10. The van der Waals surface area contributed by atoms with E-state index >= 15 is 0 Å². The van der Waals surface area contributed by atoms with Gasteiger partial charge in [-0.2, -0.15) is 0 Å². The van der Waals surface area contributed by atoms with Gasteiger partial charge in [-0.1, -0.05) is 23.7 Å². The topological polar surface area (TPSA) is 89.6 Å². The average molecular weight is 382 g/mol. The monoisotopic (exact) mass is 381 g/mol. The summed E-state index contributed by atoms with van der Waals surface area (Å²) in [6, 6.07) is 13.3. The van der Waals surface area contributed by atoms with E-state index in [2.05, 4.69) is 0 Å². The summed E-state index contributed by atoms with van der Waals surface area (Å²) < 4.78 is 31.4. The van der Waals surface area contributed by atoms with Crippen LogP contribution < -0.4 is 10.5 Å². The summed E-state index contributed by atoms with van der Waals surface area (Å²) in [5.74, 6) is 0.318. The van der Waals surface area contributed by atoms with Crippen molar-refractivity contribution in [3.8, 4) is 5.75 Å². The number of aliphatic hydroxyl groups is 1. The lowest BCUT2D eigenvalue weighted by atomic mass is 10.00. The summed E-state index contributed by atoms with van der Waals surface area (Å²) in [7, 11) is -2.09. The zero-order chi connectivity index (χ0) is 18.2. The maximum atomic E-state index is 13.1. The quantitative estimate of drug-likeness (QED) is 0.800. The Bertz CT molecular complexity index is 846. The number of sulfone groups is 1. The number of hydrogen-bond donors (Lipinski definition) is 2. The number of rotatable bonds is 6. The second-order valence-electron chi connectivity index (χ2n) is 6.27. The van der Waals surface area contributed by atoms with Crippen molar-refractivity contribution in [3.63, 3.8) is 0 Å². The molecule has 0 spiro atoms. The molecular weight excluding hydrogens is 362 g/mol. The lowest BCUT2D eigenvalue weighted by molar-refractivity contribution is 0.212. The van der Waals surface area contributed by atoms with Crippen molar-refractivity contribution < 1.29 is 18.3 Å². The van der Waals surface area contributed by atoms with Crippen molar-refractivity contribution in [1.29, 1.82) is 0 Å². The van der Waals surface area contributed by atoms with E-state index in [1.165, 1.54) is 12.1 Å². The molecule has 1 aliphatic carbocycles. The second-order valence-corrected chi connectivity index (χ2v) is 8.77. The Morgan fingerprint density at radius 1 is 1.16 bits per heavy atom. The molecule has 0 amide bonds. The molecule has 0 saturated heterocycles. The Morgan fingerprint density at radius 3 is 2.24 bits per heavy atom. The number of hydrogen-bond acceptors (Lipinski definition) is 5. The van der Waals surface area contributed by atoms with Crippen molar-refractivity contribution in [2.75, 3.05) is 20.3 Å². The van der Waals surface area contributed by atoms with Gasteiger partial charge in [-0.3, -0.25) is 0 Å². The molecule has 134 valence electrons. The molecule has 1 saturated carbocycles. The number of benzene rings is 2. The maximum Gasteiger partial charge on any atom is 0.182 e. The minimum atomic E-state index is -3.66. The van der Waals surface area contributed by atoms with E-state index in [-0.39, 0.29) is 24.0 Å². The molecule has 3 N–H and O–H groups in total. The third kappa shape index (κ3) is 2.93. The first-order valence-corrected chi connectivity index (χ1v) is 9.77. The normalized spacial score (nSPS) is 25.6.